The molecule has 6 heteroatoms. The normalized spacial score (nSPS) is 59.6. The zero-order valence-electron chi connectivity index (χ0n) is 12.7. The Bertz CT molecular complexity index is 500. The van der Waals surface area contributed by atoms with Crippen molar-refractivity contribution >= 4 is 5.97 Å². The molecule has 0 unspecified atom stereocenters. The Morgan fingerprint density at radius 2 is 1.81 bits per heavy atom. The van der Waals surface area contributed by atoms with Crippen LogP contribution in [0.3, 0.4) is 0 Å². The van der Waals surface area contributed by atoms with E-state index in [4.69, 9.17) is 4.74 Å². The van der Waals surface area contributed by atoms with Gasteiger partial charge in [-0.2, -0.15) is 0 Å². The van der Waals surface area contributed by atoms with Gasteiger partial charge in [-0.25, -0.2) is 0 Å². The molecule has 4 N–H and O–H groups in total. The van der Waals surface area contributed by atoms with Crippen molar-refractivity contribution in [2.24, 2.45) is 10.8 Å². The van der Waals surface area contributed by atoms with Crippen LogP contribution in [-0.4, -0.2) is 55.9 Å². The second-order valence-electron chi connectivity index (χ2n) is 7.71. The first-order valence-electron chi connectivity index (χ1n) is 7.45. The highest BCUT2D eigenvalue weighted by Gasteiger charge is 2.80. The summed E-state index contributed by atoms with van der Waals surface area (Å²) in [5.41, 5.74) is -6.73. The molecule has 3 aliphatic rings. The number of aliphatic hydroxyl groups is 4. The minimum absolute atomic E-state index is 0.0985. The molecule has 1 aliphatic heterocycles. The molecule has 0 radical (unpaired) electrons. The number of hydrogen-bond acceptors (Lipinski definition) is 6. The smallest absolute Gasteiger partial charge is 0.306 e. The van der Waals surface area contributed by atoms with Gasteiger partial charge < -0.3 is 25.2 Å². The van der Waals surface area contributed by atoms with Gasteiger partial charge in [0, 0.05) is 5.41 Å². The van der Waals surface area contributed by atoms with Crippen LogP contribution in [0, 0.1) is 10.8 Å². The third kappa shape index (κ3) is 1.36. The number of hydrogen-bond donors (Lipinski definition) is 4. The van der Waals surface area contributed by atoms with Gasteiger partial charge in [-0.15, -0.1) is 0 Å². The molecular weight excluding hydrogens is 276 g/mol. The van der Waals surface area contributed by atoms with Crippen molar-refractivity contribution in [3.05, 3.63) is 0 Å². The molecule has 0 aromatic heterocycles. The first-order chi connectivity index (χ1) is 9.47. The maximum atomic E-state index is 12.0. The van der Waals surface area contributed by atoms with Crippen LogP contribution >= 0.6 is 0 Å². The average Bonchev–Trinajstić information content (AvgIpc) is 2.58. The lowest BCUT2D eigenvalue weighted by atomic mass is 9.44. The molecule has 120 valence electrons. The standard InChI is InChI=1S/C15H24O6/c1-11(8-16)13(3,19)9-6-14(7-10(17)21-9)12(2,18)4-5-15(11,14)20/h9,16,18-20H,4-8H2,1-3H3/t9-,11-,12+,13+,14-,15+/m1/s1. The fourth-order valence-corrected chi connectivity index (χ4v) is 5.13. The molecular formula is C15H24O6. The number of ether oxygens (including phenoxy) is 1. The van der Waals surface area contributed by atoms with Crippen LogP contribution in [0.15, 0.2) is 0 Å². The topological polar surface area (TPSA) is 107 Å². The Hall–Kier alpha value is -0.690. The predicted molar refractivity (Wildman–Crippen MR) is 72.2 cm³/mol. The molecule has 3 fully saturated rings. The first kappa shape index (κ1) is 15.2. The van der Waals surface area contributed by atoms with Gasteiger partial charge in [-0.3, -0.25) is 4.79 Å². The van der Waals surface area contributed by atoms with E-state index in [0.29, 0.717) is 6.42 Å². The van der Waals surface area contributed by atoms with E-state index in [1.165, 1.54) is 6.92 Å². The van der Waals surface area contributed by atoms with Gasteiger partial charge in [0.25, 0.3) is 0 Å². The molecule has 0 aromatic carbocycles. The summed E-state index contributed by atoms with van der Waals surface area (Å²) in [6.45, 7) is 4.26. The molecule has 6 nitrogen and oxygen atoms in total. The van der Waals surface area contributed by atoms with Crippen molar-refractivity contribution < 1.29 is 30.0 Å². The van der Waals surface area contributed by atoms with Crippen molar-refractivity contribution in [1.29, 1.82) is 0 Å². The van der Waals surface area contributed by atoms with Crippen molar-refractivity contribution in [3.63, 3.8) is 0 Å². The quantitative estimate of drug-likeness (QED) is 0.496. The van der Waals surface area contributed by atoms with Crippen molar-refractivity contribution in [2.45, 2.75) is 69.4 Å². The molecule has 2 bridgehead atoms. The van der Waals surface area contributed by atoms with Crippen LogP contribution in [0.2, 0.25) is 0 Å². The van der Waals surface area contributed by atoms with Crippen LogP contribution in [0.4, 0.5) is 0 Å². The van der Waals surface area contributed by atoms with Gasteiger partial charge >= 0.3 is 5.97 Å². The predicted octanol–water partition coefficient (Wildman–Crippen LogP) is -0.283. The lowest BCUT2D eigenvalue weighted by molar-refractivity contribution is -0.336. The Morgan fingerprint density at radius 3 is 2.38 bits per heavy atom. The summed E-state index contributed by atoms with van der Waals surface area (Å²) >= 11 is 0. The summed E-state index contributed by atoms with van der Waals surface area (Å²) in [5, 5.41) is 43.1. The van der Waals surface area contributed by atoms with E-state index in [1.54, 1.807) is 13.8 Å². The van der Waals surface area contributed by atoms with E-state index in [0.717, 1.165) is 0 Å². The first-order valence-corrected chi connectivity index (χ1v) is 7.45. The highest BCUT2D eigenvalue weighted by atomic mass is 16.6. The van der Waals surface area contributed by atoms with Crippen molar-refractivity contribution in [2.75, 3.05) is 6.61 Å². The lowest BCUT2D eigenvalue weighted by Gasteiger charge is -2.67. The molecule has 6 atom stereocenters. The van der Waals surface area contributed by atoms with Crippen LogP contribution < -0.4 is 0 Å². The fourth-order valence-electron chi connectivity index (χ4n) is 5.13. The van der Waals surface area contributed by atoms with Gasteiger partial charge in [0.15, 0.2) is 0 Å². The molecule has 2 aliphatic carbocycles. The molecule has 1 spiro atoms. The Kier molecular flexibility index (Phi) is 2.75. The van der Waals surface area contributed by atoms with Crippen LogP contribution in [0.1, 0.15) is 46.5 Å². The van der Waals surface area contributed by atoms with E-state index >= 15 is 0 Å². The third-order valence-electron chi connectivity index (χ3n) is 7.02. The second-order valence-corrected chi connectivity index (χ2v) is 7.71. The van der Waals surface area contributed by atoms with E-state index in [9.17, 15) is 25.2 Å². The van der Waals surface area contributed by atoms with Gasteiger partial charge in [0.2, 0.25) is 0 Å². The number of carbonyl (C=O) groups is 1. The maximum absolute atomic E-state index is 12.0. The summed E-state index contributed by atoms with van der Waals surface area (Å²) < 4.78 is 5.29. The minimum atomic E-state index is -1.57. The summed E-state index contributed by atoms with van der Waals surface area (Å²) in [6.07, 6.45) is -0.202. The highest BCUT2D eigenvalue weighted by molar-refractivity contribution is 5.73. The molecule has 0 aromatic rings. The van der Waals surface area contributed by atoms with E-state index < -0.39 is 46.3 Å². The minimum Gasteiger partial charge on any atom is -0.459 e. The largest absolute Gasteiger partial charge is 0.459 e. The third-order valence-corrected chi connectivity index (χ3v) is 7.02. The van der Waals surface area contributed by atoms with E-state index in [1.807, 2.05) is 0 Å². The van der Waals surface area contributed by atoms with E-state index in [-0.39, 0.29) is 19.3 Å². The van der Waals surface area contributed by atoms with Crippen molar-refractivity contribution in [3.8, 4) is 0 Å². The van der Waals surface area contributed by atoms with Crippen LogP contribution in [0.25, 0.3) is 0 Å². The SMILES string of the molecule is C[C@]1(CO)[C@@]2(O)CC[C@](C)(O)[C@@]23CC(=O)O[C@H](C3)[C@]1(C)O. The summed E-state index contributed by atoms with van der Waals surface area (Å²) in [6, 6.07) is 0. The number of esters is 1. The average molecular weight is 300 g/mol. The Labute approximate surface area is 123 Å². The number of fused-ring (bicyclic) bond motifs is 1. The molecule has 0 amide bonds. The van der Waals surface area contributed by atoms with Crippen molar-refractivity contribution in [1.82, 2.24) is 0 Å². The summed E-state index contributed by atoms with van der Waals surface area (Å²) in [7, 11) is 0. The molecule has 1 heterocycles. The number of rotatable bonds is 1. The van der Waals surface area contributed by atoms with Gasteiger partial charge in [0.1, 0.15) is 11.7 Å². The lowest BCUT2D eigenvalue weighted by Crippen LogP contribution is -2.79. The monoisotopic (exact) mass is 300 g/mol. The molecule has 1 saturated heterocycles. The zero-order valence-corrected chi connectivity index (χ0v) is 12.7. The van der Waals surface area contributed by atoms with Gasteiger partial charge in [-0.05, 0) is 33.1 Å². The maximum Gasteiger partial charge on any atom is 0.306 e. The summed E-state index contributed by atoms with van der Waals surface area (Å²) in [4.78, 5) is 12.0. The molecule has 3 rings (SSSR count). The van der Waals surface area contributed by atoms with Gasteiger partial charge in [-0.1, -0.05) is 6.92 Å². The van der Waals surface area contributed by atoms with Crippen LogP contribution in [0.5, 0.6) is 0 Å². The molecule has 21 heavy (non-hydrogen) atoms. The van der Waals surface area contributed by atoms with Crippen LogP contribution in [-0.2, 0) is 9.53 Å². The summed E-state index contributed by atoms with van der Waals surface area (Å²) in [5.74, 6) is -0.521. The van der Waals surface area contributed by atoms with Gasteiger partial charge in [0.05, 0.1) is 29.6 Å². The second kappa shape index (κ2) is 3.79. The zero-order chi connectivity index (χ0) is 15.9. The number of carbonyl (C=O) groups excluding carboxylic acids is 1. The molecule has 2 saturated carbocycles. The highest BCUT2D eigenvalue weighted by Crippen LogP contribution is 2.71. The number of aliphatic hydroxyl groups excluding tert-OH is 1. The Balaban J connectivity index is 2.27. The van der Waals surface area contributed by atoms with E-state index in [2.05, 4.69) is 0 Å². The fraction of sp³-hybridized carbons (Fsp3) is 0.933. The Morgan fingerprint density at radius 1 is 1.19 bits per heavy atom.